The summed E-state index contributed by atoms with van der Waals surface area (Å²) < 4.78 is 0. The number of nitrogens with zero attached hydrogens (tertiary/aromatic N) is 3. The first kappa shape index (κ1) is 7.67. The maximum atomic E-state index is 5.09. The predicted octanol–water partition coefficient (Wildman–Crippen LogP) is 0.404. The van der Waals surface area contributed by atoms with E-state index < -0.39 is 0 Å². The third-order valence-corrected chi connectivity index (χ3v) is 1.74. The van der Waals surface area contributed by atoms with E-state index in [0.29, 0.717) is 5.49 Å². The van der Waals surface area contributed by atoms with Gasteiger partial charge in [-0.15, -0.1) is 10.2 Å². The number of fused-ring (bicyclic) bond motifs is 1. The topological polar surface area (TPSA) is 64.2 Å². The lowest BCUT2D eigenvalue weighted by atomic mass is 10.2. The van der Waals surface area contributed by atoms with Gasteiger partial charge in [-0.05, 0) is 18.2 Å². The smallest absolute Gasteiger partial charge is 0.193 e. The summed E-state index contributed by atoms with van der Waals surface area (Å²) in [6.45, 7) is 0. The van der Waals surface area contributed by atoms with Crippen LogP contribution in [0, 0.1) is 0 Å². The summed E-state index contributed by atoms with van der Waals surface area (Å²) in [7, 11) is 0. The fraction of sp³-hybridized carbons (Fsp3) is 0. The van der Waals surface area contributed by atoms with Crippen LogP contribution in [-0.2, 0) is 0 Å². The zero-order valence-corrected chi connectivity index (χ0v) is 6.88. The molecule has 0 saturated heterocycles. The lowest BCUT2D eigenvalue weighted by Crippen LogP contribution is -2.07. The van der Waals surface area contributed by atoms with Gasteiger partial charge in [0.25, 0.3) is 0 Å². The summed E-state index contributed by atoms with van der Waals surface area (Å²) in [4.78, 5) is 0. The fourth-order valence-electron chi connectivity index (χ4n) is 1.09. The first-order valence-electron chi connectivity index (χ1n) is 3.87. The van der Waals surface area contributed by atoms with Gasteiger partial charge in [0.05, 0.1) is 5.52 Å². The molecule has 0 saturated carbocycles. The van der Waals surface area contributed by atoms with E-state index in [1.54, 1.807) is 6.07 Å². The SMILES string of the molecule is NN=c1ccc2ccccc2nn1. The van der Waals surface area contributed by atoms with Crippen molar-refractivity contribution in [3.63, 3.8) is 0 Å². The summed E-state index contributed by atoms with van der Waals surface area (Å²) in [5.41, 5.74) is 1.26. The summed E-state index contributed by atoms with van der Waals surface area (Å²) in [6.07, 6.45) is 0. The minimum absolute atomic E-state index is 0.427. The molecule has 0 aliphatic heterocycles. The van der Waals surface area contributed by atoms with Crippen LogP contribution in [0.4, 0.5) is 0 Å². The largest absolute Gasteiger partial charge is 0.321 e. The van der Waals surface area contributed by atoms with Crippen LogP contribution >= 0.6 is 0 Å². The van der Waals surface area contributed by atoms with Crippen LogP contribution < -0.4 is 11.3 Å². The lowest BCUT2D eigenvalue weighted by Gasteiger charge is -1.85. The van der Waals surface area contributed by atoms with Gasteiger partial charge in [0.2, 0.25) is 0 Å². The summed E-state index contributed by atoms with van der Waals surface area (Å²) in [6, 6.07) is 11.3. The second-order valence-corrected chi connectivity index (χ2v) is 2.58. The minimum atomic E-state index is 0.427. The Kier molecular flexibility index (Phi) is 1.88. The molecule has 0 aliphatic carbocycles. The van der Waals surface area contributed by atoms with Gasteiger partial charge in [0, 0.05) is 5.39 Å². The molecule has 64 valence electrons. The zero-order valence-electron chi connectivity index (χ0n) is 6.88. The first-order valence-corrected chi connectivity index (χ1v) is 3.87. The van der Waals surface area contributed by atoms with Gasteiger partial charge in [-0.3, -0.25) is 0 Å². The minimum Gasteiger partial charge on any atom is -0.321 e. The number of benzene rings is 1. The Bertz CT molecular complexity index is 451. The average Bonchev–Trinajstić information content (AvgIpc) is 2.39. The maximum Gasteiger partial charge on any atom is 0.193 e. The monoisotopic (exact) mass is 172 g/mol. The maximum absolute atomic E-state index is 5.09. The zero-order chi connectivity index (χ0) is 9.10. The quantitative estimate of drug-likeness (QED) is 0.462. The molecule has 0 aliphatic rings. The third kappa shape index (κ3) is 1.46. The number of aromatic nitrogens is 2. The first-order chi connectivity index (χ1) is 6.40. The van der Waals surface area contributed by atoms with Crippen molar-refractivity contribution in [2.75, 3.05) is 0 Å². The molecule has 0 atom stereocenters. The average molecular weight is 172 g/mol. The standard InChI is InChI=1S/C9H8N4/c10-11-9-6-5-7-3-1-2-4-8(7)12-13-9/h1-6H,10H2. The third-order valence-electron chi connectivity index (χ3n) is 1.74. The van der Waals surface area contributed by atoms with Crippen molar-refractivity contribution < 1.29 is 0 Å². The van der Waals surface area contributed by atoms with Gasteiger partial charge in [-0.2, -0.15) is 5.10 Å². The molecule has 2 N–H and O–H groups in total. The molecule has 0 fully saturated rings. The molecule has 4 nitrogen and oxygen atoms in total. The van der Waals surface area contributed by atoms with Gasteiger partial charge in [-0.1, -0.05) is 18.2 Å². The molecule has 0 radical (unpaired) electrons. The molecule has 2 aromatic rings. The molecule has 1 aromatic carbocycles. The normalized spacial score (nSPS) is 11.8. The highest BCUT2D eigenvalue weighted by Gasteiger charge is 1.89. The molecule has 0 amide bonds. The Hall–Kier alpha value is -1.97. The number of hydrogen-bond acceptors (Lipinski definition) is 4. The van der Waals surface area contributed by atoms with E-state index in [1.165, 1.54) is 0 Å². The van der Waals surface area contributed by atoms with Gasteiger partial charge < -0.3 is 5.84 Å². The van der Waals surface area contributed by atoms with Crippen LogP contribution in [0.3, 0.4) is 0 Å². The summed E-state index contributed by atoms with van der Waals surface area (Å²) >= 11 is 0. The van der Waals surface area contributed by atoms with Crippen molar-refractivity contribution in [1.29, 1.82) is 0 Å². The second-order valence-electron chi connectivity index (χ2n) is 2.58. The molecular formula is C9H8N4. The van der Waals surface area contributed by atoms with E-state index in [-0.39, 0.29) is 0 Å². The number of hydrogen-bond donors (Lipinski definition) is 1. The Morgan fingerprint density at radius 3 is 2.69 bits per heavy atom. The molecule has 13 heavy (non-hydrogen) atoms. The fourth-order valence-corrected chi connectivity index (χ4v) is 1.09. The Labute approximate surface area is 74.7 Å². The predicted molar refractivity (Wildman–Crippen MR) is 49.3 cm³/mol. The van der Waals surface area contributed by atoms with E-state index in [0.717, 1.165) is 10.9 Å². The van der Waals surface area contributed by atoms with Crippen LogP contribution in [0.15, 0.2) is 41.5 Å². The van der Waals surface area contributed by atoms with E-state index >= 15 is 0 Å². The van der Waals surface area contributed by atoms with E-state index in [4.69, 9.17) is 5.84 Å². The van der Waals surface area contributed by atoms with E-state index in [1.807, 2.05) is 30.3 Å². The van der Waals surface area contributed by atoms with Gasteiger partial charge in [-0.25, -0.2) is 0 Å². The van der Waals surface area contributed by atoms with E-state index in [9.17, 15) is 0 Å². The molecular weight excluding hydrogens is 164 g/mol. The Morgan fingerprint density at radius 2 is 1.85 bits per heavy atom. The van der Waals surface area contributed by atoms with E-state index in [2.05, 4.69) is 15.3 Å². The van der Waals surface area contributed by atoms with Crippen LogP contribution in [-0.4, -0.2) is 10.2 Å². The molecule has 2 rings (SSSR count). The van der Waals surface area contributed by atoms with Crippen molar-refractivity contribution in [2.45, 2.75) is 0 Å². The second kappa shape index (κ2) is 3.18. The van der Waals surface area contributed by atoms with Crippen LogP contribution in [0.1, 0.15) is 0 Å². The van der Waals surface area contributed by atoms with Crippen LogP contribution in [0.2, 0.25) is 0 Å². The summed E-state index contributed by atoms with van der Waals surface area (Å²) in [5.74, 6) is 5.09. The van der Waals surface area contributed by atoms with Crippen molar-refractivity contribution in [1.82, 2.24) is 10.2 Å². The Balaban J connectivity index is 2.86. The van der Waals surface area contributed by atoms with Crippen LogP contribution in [0.25, 0.3) is 10.9 Å². The highest BCUT2D eigenvalue weighted by atomic mass is 15.2. The van der Waals surface area contributed by atoms with Crippen LogP contribution in [0.5, 0.6) is 0 Å². The molecule has 0 unspecified atom stereocenters. The van der Waals surface area contributed by atoms with Crippen molar-refractivity contribution in [2.24, 2.45) is 10.9 Å². The molecule has 4 heteroatoms. The Morgan fingerprint density at radius 1 is 1.00 bits per heavy atom. The number of nitrogens with two attached hydrogens (primary N) is 1. The van der Waals surface area contributed by atoms with Gasteiger partial charge in [0.1, 0.15) is 0 Å². The molecule has 0 spiro atoms. The van der Waals surface area contributed by atoms with Crippen molar-refractivity contribution >= 4 is 10.9 Å². The van der Waals surface area contributed by atoms with Gasteiger partial charge in [0.15, 0.2) is 5.49 Å². The van der Waals surface area contributed by atoms with Crippen molar-refractivity contribution in [3.05, 3.63) is 41.9 Å². The highest BCUT2D eigenvalue weighted by Crippen LogP contribution is 2.05. The molecule has 1 heterocycles. The summed E-state index contributed by atoms with van der Waals surface area (Å²) in [5, 5.41) is 12.3. The number of rotatable bonds is 0. The lowest BCUT2D eigenvalue weighted by molar-refractivity contribution is 0.962. The van der Waals surface area contributed by atoms with Crippen molar-refractivity contribution in [3.8, 4) is 0 Å². The van der Waals surface area contributed by atoms with Gasteiger partial charge >= 0.3 is 0 Å². The molecule has 0 bridgehead atoms. The highest BCUT2D eigenvalue weighted by molar-refractivity contribution is 5.76. The molecule has 1 aromatic heterocycles.